The second-order valence-corrected chi connectivity index (χ2v) is 5.11. The van der Waals surface area contributed by atoms with Crippen molar-refractivity contribution in [2.75, 3.05) is 6.54 Å². The Hall–Kier alpha value is -0.790. The molecular weight excluding hydrogens is 230 g/mol. The molecule has 0 spiro atoms. The van der Waals surface area contributed by atoms with E-state index in [-0.39, 0.29) is 0 Å². The molecule has 1 fully saturated rings. The van der Waals surface area contributed by atoms with E-state index in [0.29, 0.717) is 6.04 Å². The summed E-state index contributed by atoms with van der Waals surface area (Å²) >= 11 is 5.93. The molecular formula is C15H20ClN. The molecule has 0 aliphatic heterocycles. The highest BCUT2D eigenvalue weighted by Crippen LogP contribution is 2.41. The number of hydrogen-bond acceptors (Lipinski definition) is 1. The molecule has 1 nitrogen and oxygen atoms in total. The lowest BCUT2D eigenvalue weighted by Gasteiger charge is -2.18. The molecule has 1 aromatic carbocycles. The molecule has 1 saturated carbocycles. The summed E-state index contributed by atoms with van der Waals surface area (Å²) in [5.41, 5.74) is 1.37. The van der Waals surface area contributed by atoms with Crippen LogP contribution in [0.5, 0.6) is 0 Å². The topological polar surface area (TPSA) is 12.0 Å². The van der Waals surface area contributed by atoms with Crippen LogP contribution in [0.3, 0.4) is 0 Å². The van der Waals surface area contributed by atoms with Crippen molar-refractivity contribution >= 4 is 11.6 Å². The second-order valence-electron chi connectivity index (χ2n) is 4.68. The summed E-state index contributed by atoms with van der Waals surface area (Å²) in [6.07, 6.45) is 8.12. The van der Waals surface area contributed by atoms with Crippen molar-refractivity contribution in [2.24, 2.45) is 5.92 Å². The van der Waals surface area contributed by atoms with Gasteiger partial charge in [-0.15, -0.1) is 0 Å². The van der Waals surface area contributed by atoms with Crippen LogP contribution in [0.2, 0.25) is 5.02 Å². The van der Waals surface area contributed by atoms with Gasteiger partial charge in [0.15, 0.2) is 0 Å². The van der Waals surface area contributed by atoms with Gasteiger partial charge < -0.3 is 5.32 Å². The molecule has 2 heteroatoms. The van der Waals surface area contributed by atoms with Gasteiger partial charge in [0.05, 0.1) is 0 Å². The van der Waals surface area contributed by atoms with Crippen molar-refractivity contribution < 1.29 is 0 Å². The van der Waals surface area contributed by atoms with Crippen molar-refractivity contribution in [1.82, 2.24) is 5.32 Å². The summed E-state index contributed by atoms with van der Waals surface area (Å²) < 4.78 is 0. The van der Waals surface area contributed by atoms with E-state index in [4.69, 9.17) is 11.6 Å². The number of allylic oxidation sites excluding steroid dienone is 1. The van der Waals surface area contributed by atoms with Gasteiger partial charge in [0.2, 0.25) is 0 Å². The predicted octanol–water partition coefficient (Wildman–Crippen LogP) is 4.35. The molecule has 1 N–H and O–H groups in total. The average Bonchev–Trinajstić information content (AvgIpc) is 3.15. The second kappa shape index (κ2) is 6.23. The quantitative estimate of drug-likeness (QED) is 0.584. The number of hydrogen-bond donors (Lipinski definition) is 1. The maximum atomic E-state index is 5.93. The Labute approximate surface area is 109 Å². The highest BCUT2D eigenvalue weighted by Gasteiger charge is 2.31. The first kappa shape index (κ1) is 12.7. The minimum Gasteiger partial charge on any atom is -0.309 e. The van der Waals surface area contributed by atoms with Crippen LogP contribution in [0, 0.1) is 5.92 Å². The Balaban J connectivity index is 1.94. The minimum absolute atomic E-state index is 0.512. The maximum absolute atomic E-state index is 5.93. The molecule has 1 aromatic rings. The molecule has 0 amide bonds. The van der Waals surface area contributed by atoms with Gasteiger partial charge in [0.1, 0.15) is 0 Å². The molecule has 1 aliphatic rings. The first-order valence-corrected chi connectivity index (χ1v) is 6.79. The fourth-order valence-electron chi connectivity index (χ4n) is 2.15. The van der Waals surface area contributed by atoms with E-state index in [2.05, 4.69) is 36.5 Å². The summed E-state index contributed by atoms with van der Waals surface area (Å²) in [5.74, 6) is 0.821. The Morgan fingerprint density at radius 1 is 1.35 bits per heavy atom. The molecule has 17 heavy (non-hydrogen) atoms. The fraction of sp³-hybridized carbons (Fsp3) is 0.467. The van der Waals surface area contributed by atoms with Crippen LogP contribution >= 0.6 is 11.6 Å². The van der Waals surface area contributed by atoms with Gasteiger partial charge in [-0.05, 0) is 56.3 Å². The van der Waals surface area contributed by atoms with Crippen LogP contribution < -0.4 is 5.32 Å². The van der Waals surface area contributed by atoms with Crippen LogP contribution in [-0.4, -0.2) is 6.54 Å². The van der Waals surface area contributed by atoms with Crippen LogP contribution in [-0.2, 0) is 0 Å². The number of rotatable bonds is 6. The first-order chi connectivity index (χ1) is 8.31. The third kappa shape index (κ3) is 3.86. The summed E-state index contributed by atoms with van der Waals surface area (Å²) in [6.45, 7) is 3.12. The third-order valence-corrected chi connectivity index (χ3v) is 3.49. The van der Waals surface area contributed by atoms with Gasteiger partial charge in [-0.25, -0.2) is 0 Å². The van der Waals surface area contributed by atoms with Crippen molar-refractivity contribution in [3.63, 3.8) is 0 Å². The van der Waals surface area contributed by atoms with E-state index in [9.17, 15) is 0 Å². The van der Waals surface area contributed by atoms with E-state index >= 15 is 0 Å². The van der Waals surface area contributed by atoms with E-state index in [1.54, 1.807) is 0 Å². The molecule has 92 valence electrons. The van der Waals surface area contributed by atoms with Crippen molar-refractivity contribution in [3.8, 4) is 0 Å². The standard InChI is InChI=1S/C15H20ClN/c1-2-3-4-11-17-15(12-5-6-12)13-7-9-14(16)10-8-13/h2-3,7-10,12,15,17H,4-6,11H2,1H3/b3-2+. The third-order valence-electron chi connectivity index (χ3n) is 3.23. The van der Waals surface area contributed by atoms with E-state index in [0.717, 1.165) is 23.9 Å². The van der Waals surface area contributed by atoms with Crippen LogP contribution in [0.1, 0.15) is 37.8 Å². The van der Waals surface area contributed by atoms with Gasteiger partial charge in [-0.1, -0.05) is 35.9 Å². The zero-order valence-corrected chi connectivity index (χ0v) is 11.1. The summed E-state index contributed by atoms with van der Waals surface area (Å²) in [6, 6.07) is 8.78. The van der Waals surface area contributed by atoms with E-state index in [1.165, 1.54) is 18.4 Å². The van der Waals surface area contributed by atoms with Crippen molar-refractivity contribution in [2.45, 2.75) is 32.2 Å². The van der Waals surface area contributed by atoms with E-state index in [1.807, 2.05) is 12.1 Å². The van der Waals surface area contributed by atoms with Crippen LogP contribution in [0.4, 0.5) is 0 Å². The van der Waals surface area contributed by atoms with E-state index < -0.39 is 0 Å². The highest BCUT2D eigenvalue weighted by atomic mass is 35.5. The molecule has 0 bridgehead atoms. The molecule has 1 atom stereocenters. The molecule has 1 aliphatic carbocycles. The largest absolute Gasteiger partial charge is 0.309 e. The lowest BCUT2D eigenvalue weighted by atomic mass is 10.0. The molecule has 0 heterocycles. The van der Waals surface area contributed by atoms with Gasteiger partial charge in [-0.2, -0.15) is 0 Å². The fourth-order valence-corrected chi connectivity index (χ4v) is 2.27. The molecule has 0 radical (unpaired) electrons. The highest BCUT2D eigenvalue weighted by molar-refractivity contribution is 6.30. The molecule has 2 rings (SSSR count). The van der Waals surface area contributed by atoms with Gasteiger partial charge >= 0.3 is 0 Å². The van der Waals surface area contributed by atoms with Crippen molar-refractivity contribution in [3.05, 3.63) is 47.0 Å². The summed E-state index contributed by atoms with van der Waals surface area (Å²) in [4.78, 5) is 0. The van der Waals surface area contributed by atoms with Gasteiger partial charge in [-0.3, -0.25) is 0 Å². The Morgan fingerprint density at radius 3 is 2.65 bits per heavy atom. The summed E-state index contributed by atoms with van der Waals surface area (Å²) in [7, 11) is 0. The number of benzene rings is 1. The Kier molecular flexibility index (Phi) is 4.64. The Morgan fingerprint density at radius 2 is 2.06 bits per heavy atom. The predicted molar refractivity (Wildman–Crippen MR) is 74.4 cm³/mol. The normalized spacial score (nSPS) is 17.5. The molecule has 0 aromatic heterocycles. The lowest BCUT2D eigenvalue weighted by molar-refractivity contribution is 0.486. The maximum Gasteiger partial charge on any atom is 0.0406 e. The zero-order valence-electron chi connectivity index (χ0n) is 10.3. The monoisotopic (exact) mass is 249 g/mol. The van der Waals surface area contributed by atoms with Gasteiger partial charge in [0.25, 0.3) is 0 Å². The average molecular weight is 250 g/mol. The molecule has 0 saturated heterocycles. The van der Waals surface area contributed by atoms with Gasteiger partial charge in [0, 0.05) is 11.1 Å². The first-order valence-electron chi connectivity index (χ1n) is 6.41. The molecule has 1 unspecified atom stereocenters. The lowest BCUT2D eigenvalue weighted by Crippen LogP contribution is -2.23. The smallest absolute Gasteiger partial charge is 0.0406 e. The Bertz CT molecular complexity index is 365. The van der Waals surface area contributed by atoms with Crippen LogP contribution in [0.25, 0.3) is 0 Å². The SMILES string of the molecule is C/C=C/CCNC(c1ccc(Cl)cc1)C1CC1. The van der Waals surface area contributed by atoms with Crippen molar-refractivity contribution in [1.29, 1.82) is 0 Å². The van der Waals surface area contributed by atoms with Crippen LogP contribution in [0.15, 0.2) is 36.4 Å². The summed E-state index contributed by atoms with van der Waals surface area (Å²) in [5, 5.41) is 4.47. The minimum atomic E-state index is 0.512. The number of halogens is 1. The number of nitrogens with one attached hydrogen (secondary N) is 1. The zero-order chi connectivity index (χ0) is 12.1.